The first-order valence-electron chi connectivity index (χ1n) is 9.99. The Morgan fingerprint density at radius 2 is 1.54 bits per heavy atom. The second kappa shape index (κ2) is 6.75. The summed E-state index contributed by atoms with van der Waals surface area (Å²) in [4.78, 5) is 0. The van der Waals surface area contributed by atoms with E-state index >= 15 is 0 Å². The van der Waals surface area contributed by atoms with Gasteiger partial charge in [-0.2, -0.15) is 0 Å². The molecule has 0 N–H and O–H groups in total. The van der Waals surface area contributed by atoms with E-state index in [4.69, 9.17) is 8.51 Å². The van der Waals surface area contributed by atoms with Gasteiger partial charge >= 0.3 is 176 Å². The molecule has 0 radical (unpaired) electrons. The fourth-order valence-electron chi connectivity index (χ4n) is 5.13. The molecule has 139 valence electrons. The van der Waals surface area contributed by atoms with E-state index in [1.807, 2.05) is 0 Å². The van der Waals surface area contributed by atoms with Gasteiger partial charge in [0.2, 0.25) is 0 Å². The summed E-state index contributed by atoms with van der Waals surface area (Å²) in [5, 5.41) is 0. The van der Waals surface area contributed by atoms with Gasteiger partial charge in [0.05, 0.1) is 0 Å². The molecule has 2 atom stereocenters. The predicted molar refractivity (Wildman–Crippen MR) is 119 cm³/mol. The van der Waals surface area contributed by atoms with Gasteiger partial charge in [0.15, 0.2) is 0 Å². The van der Waals surface area contributed by atoms with E-state index in [1.165, 1.54) is 45.4 Å². The van der Waals surface area contributed by atoms with Crippen molar-refractivity contribution in [2.75, 3.05) is 0 Å². The minimum absolute atomic E-state index is 0.354. The van der Waals surface area contributed by atoms with Crippen molar-refractivity contribution in [1.29, 1.82) is 0 Å². The molecule has 0 aliphatic heterocycles. The van der Waals surface area contributed by atoms with E-state index in [0.29, 0.717) is 3.63 Å². The average Bonchev–Trinajstić information content (AvgIpc) is 3.25. The third kappa shape index (κ3) is 2.56. The average molecular weight is 463 g/mol. The van der Waals surface area contributed by atoms with Crippen molar-refractivity contribution in [3.63, 3.8) is 0 Å². The summed E-state index contributed by atoms with van der Waals surface area (Å²) in [6, 6.07) is 24.5. The normalized spacial score (nSPS) is 18.7. The standard InChI is InChI=1S/C13H9.C10H9.C3H6.ClH.Zr/c1-3-7-12-10(5-1)9-11-6-2-4-8-13(11)12;1-8-6-7-9-4-2-3-5-10(8)9;1-3-2;;/h1-5,7-8H,9H2;2-7H,1H3;1-2H3;1H;/q;;;;+1/p-1. The summed E-state index contributed by atoms with van der Waals surface area (Å²) < 4.78 is 3.27. The van der Waals surface area contributed by atoms with Gasteiger partial charge in [-0.15, -0.1) is 0 Å². The molecule has 0 aromatic heterocycles. The quantitative estimate of drug-likeness (QED) is 0.316. The Labute approximate surface area is 175 Å². The fraction of sp³-hybridized carbons (Fsp3) is 0.192. The number of hydrogen-bond donors (Lipinski definition) is 0. The van der Waals surface area contributed by atoms with Gasteiger partial charge in [-0.1, -0.05) is 0 Å². The van der Waals surface area contributed by atoms with Crippen LogP contribution in [0.5, 0.6) is 0 Å². The van der Waals surface area contributed by atoms with Crippen LogP contribution in [0, 0.1) is 0 Å². The van der Waals surface area contributed by atoms with Gasteiger partial charge in [0.1, 0.15) is 0 Å². The van der Waals surface area contributed by atoms with Crippen LogP contribution < -0.4 is 3.27 Å². The molecule has 0 bridgehead atoms. The monoisotopic (exact) mass is 461 g/mol. The second-order valence-electron chi connectivity index (χ2n) is 8.29. The number of allylic oxidation sites excluding steroid dienone is 2. The van der Waals surface area contributed by atoms with Crippen molar-refractivity contribution in [2.24, 2.45) is 0 Å². The van der Waals surface area contributed by atoms with Crippen molar-refractivity contribution < 1.29 is 18.6 Å². The molecule has 0 amide bonds. The number of rotatable bonds is 2. The van der Waals surface area contributed by atoms with Crippen molar-refractivity contribution in [2.45, 2.75) is 30.8 Å². The van der Waals surface area contributed by atoms with E-state index in [0.717, 1.165) is 6.42 Å². The minimum atomic E-state index is -3.42. The van der Waals surface area contributed by atoms with Gasteiger partial charge in [-0.05, 0) is 0 Å². The molecule has 0 saturated heterocycles. The molecule has 2 aliphatic carbocycles. The number of fused-ring (bicyclic) bond motifs is 4. The third-order valence-corrected chi connectivity index (χ3v) is 21.3. The van der Waals surface area contributed by atoms with E-state index in [-0.39, 0.29) is 0 Å². The number of hydrogen-bond acceptors (Lipinski definition) is 0. The molecule has 28 heavy (non-hydrogen) atoms. The molecule has 2 heteroatoms. The Morgan fingerprint density at radius 1 is 0.857 bits per heavy atom. The van der Waals surface area contributed by atoms with Gasteiger partial charge in [-0.3, -0.25) is 0 Å². The summed E-state index contributed by atoms with van der Waals surface area (Å²) in [5.74, 6) is 0. The first kappa shape index (κ1) is 18.5. The van der Waals surface area contributed by atoms with Crippen LogP contribution in [0.25, 0.3) is 16.7 Å². The molecule has 3 aromatic rings. The van der Waals surface area contributed by atoms with Gasteiger partial charge < -0.3 is 0 Å². The third-order valence-electron chi connectivity index (χ3n) is 6.54. The Morgan fingerprint density at radius 3 is 2.32 bits per heavy atom. The zero-order valence-corrected chi connectivity index (χ0v) is 19.8. The van der Waals surface area contributed by atoms with E-state index in [1.54, 1.807) is 0 Å². The maximum atomic E-state index is 7.85. The Kier molecular flexibility index (Phi) is 4.46. The molecule has 0 saturated carbocycles. The molecule has 2 unspecified atom stereocenters. The van der Waals surface area contributed by atoms with Crippen LogP contribution >= 0.6 is 8.51 Å². The Balaban J connectivity index is 1.76. The Hall–Kier alpha value is -1.56. The topological polar surface area (TPSA) is 0 Å². The predicted octanol–water partition coefficient (Wildman–Crippen LogP) is 6.56. The first-order chi connectivity index (χ1) is 13.5. The van der Waals surface area contributed by atoms with Crippen LogP contribution in [-0.2, 0) is 25.0 Å². The summed E-state index contributed by atoms with van der Waals surface area (Å²) >= 11 is -3.42. The van der Waals surface area contributed by atoms with Crippen LogP contribution in [0.1, 0.15) is 46.7 Å². The molecule has 0 spiro atoms. The molecule has 5 rings (SSSR count). The number of benzene rings is 3. The number of halogens is 1. The molecule has 0 nitrogen and oxygen atoms in total. The fourth-order valence-corrected chi connectivity index (χ4v) is 16.2. The van der Waals surface area contributed by atoms with Crippen molar-refractivity contribution >= 4 is 20.6 Å². The van der Waals surface area contributed by atoms with E-state index < -0.39 is 18.6 Å². The first-order valence-corrected chi connectivity index (χ1v) is 17.0. The van der Waals surface area contributed by atoms with Crippen LogP contribution in [0.4, 0.5) is 0 Å². The van der Waals surface area contributed by atoms with Gasteiger partial charge in [0.25, 0.3) is 0 Å². The molecule has 0 fully saturated rings. The summed E-state index contributed by atoms with van der Waals surface area (Å²) in [6.07, 6.45) is 3.47. The maximum absolute atomic E-state index is 7.85. The van der Waals surface area contributed by atoms with Crippen molar-refractivity contribution in [1.82, 2.24) is 0 Å². The van der Waals surface area contributed by atoms with Crippen LogP contribution in [0.15, 0.2) is 72.8 Å². The van der Waals surface area contributed by atoms with Crippen molar-refractivity contribution in [3.05, 3.63) is 95.1 Å². The molecular formula is C26H24ClZr. The molecular weight excluding hydrogens is 439 g/mol. The van der Waals surface area contributed by atoms with Crippen molar-refractivity contribution in [3.8, 4) is 11.1 Å². The van der Waals surface area contributed by atoms with E-state index in [2.05, 4.69) is 93.6 Å². The SMILES string of the molecule is CC1=C[CH]([Zr]([Cl])(=[C](C)C)[c]2cccc3c2Cc2ccccc2-3)c2ccccc21. The molecule has 0 heterocycles. The van der Waals surface area contributed by atoms with Gasteiger partial charge in [0, 0.05) is 0 Å². The zero-order chi connectivity index (χ0) is 19.5. The summed E-state index contributed by atoms with van der Waals surface area (Å²) in [6.45, 7) is 6.78. The van der Waals surface area contributed by atoms with Gasteiger partial charge in [-0.25, -0.2) is 0 Å². The molecule has 3 aromatic carbocycles. The molecule has 2 aliphatic rings. The Bertz CT molecular complexity index is 1190. The second-order valence-corrected chi connectivity index (χ2v) is 20.6. The van der Waals surface area contributed by atoms with Crippen LogP contribution in [0.2, 0.25) is 0 Å². The van der Waals surface area contributed by atoms with E-state index in [9.17, 15) is 0 Å². The summed E-state index contributed by atoms with van der Waals surface area (Å²) in [5.41, 5.74) is 9.87. The van der Waals surface area contributed by atoms with Crippen LogP contribution in [-0.4, -0.2) is 3.21 Å². The summed E-state index contributed by atoms with van der Waals surface area (Å²) in [7, 11) is 7.85. The van der Waals surface area contributed by atoms with Crippen LogP contribution in [0.3, 0.4) is 0 Å². The zero-order valence-electron chi connectivity index (χ0n) is 16.6.